The van der Waals surface area contributed by atoms with E-state index >= 15 is 0 Å². The molecule has 0 spiro atoms. The van der Waals surface area contributed by atoms with Gasteiger partial charge < -0.3 is 26.5 Å². The smallest absolute Gasteiger partial charge is 1.00 e. The van der Waals surface area contributed by atoms with Crippen LogP contribution in [-0.2, 0) is 20.8 Å². The van der Waals surface area contributed by atoms with Crippen molar-refractivity contribution in [3.8, 4) is 0 Å². The van der Waals surface area contributed by atoms with E-state index in [4.69, 9.17) is 35.0 Å². The van der Waals surface area contributed by atoms with Crippen LogP contribution in [0.15, 0.2) is 0 Å². The minimum atomic E-state index is -5.17. The van der Waals surface area contributed by atoms with Crippen molar-refractivity contribution in [1.82, 2.24) is 0 Å². The summed E-state index contributed by atoms with van der Waals surface area (Å²) >= 11 is 0. The van der Waals surface area contributed by atoms with Crippen LogP contribution in [-0.4, -0.2) is 154 Å². The molecule has 0 saturated carbocycles. The zero-order chi connectivity index (χ0) is 9.00. The van der Waals surface area contributed by atoms with Gasteiger partial charge in [0.25, 0.3) is 0 Å². The molecule has 0 aliphatic rings. The van der Waals surface area contributed by atoms with Crippen molar-refractivity contribution in [2.45, 2.75) is 0 Å². The van der Waals surface area contributed by atoms with E-state index in [2.05, 4.69) is 0 Å². The largest absolute Gasteiger partial charge is 2.00 e. The second-order valence-corrected chi connectivity index (χ2v) is 2.45. The third-order valence-electron chi connectivity index (χ3n) is 0. The van der Waals surface area contributed by atoms with Gasteiger partial charge in [-0.1, -0.05) is 0 Å². The van der Waals surface area contributed by atoms with Gasteiger partial charge in [0.15, 0.2) is 0 Å². The SMILES string of the molecule is O.O=S(=O)([O-])[O-].O=S(=O)([O-])[O-].[Ca+2].[Ca+2].[Ca+2].[H-].[H-]. The minimum absolute atomic E-state index is 0. The molecule has 14 heteroatoms. The Hall–Kier alpha value is 3.48. The normalized spacial score (nSPS) is 8.29. The molecular weight excluding hydrogens is 328 g/mol. The third kappa shape index (κ3) is 268. The van der Waals surface area contributed by atoms with E-state index < -0.39 is 20.8 Å². The molecule has 0 amide bonds. The van der Waals surface area contributed by atoms with Crippen LogP contribution < -0.4 is 0 Å². The molecule has 0 saturated heterocycles. The van der Waals surface area contributed by atoms with E-state index in [9.17, 15) is 0 Å². The molecule has 0 atom stereocenters. The average Bonchev–Trinajstić information content (AvgIpc) is 1.12. The second kappa shape index (κ2) is 16.5. The van der Waals surface area contributed by atoms with Crippen LogP contribution in [0.4, 0.5) is 0 Å². The van der Waals surface area contributed by atoms with Gasteiger partial charge in [0.05, 0.1) is 0 Å². The first-order valence-electron chi connectivity index (χ1n) is 1.33. The molecule has 0 unspecified atom stereocenters. The molecule has 14 heavy (non-hydrogen) atoms. The van der Waals surface area contributed by atoms with Crippen molar-refractivity contribution < 1.29 is 43.4 Å². The Balaban J connectivity index is -0.00000000970. The Kier molecular flexibility index (Phi) is 42.4. The third-order valence-corrected chi connectivity index (χ3v) is 0. The molecule has 0 aromatic heterocycles. The Bertz CT molecular complexity index is 223. The summed E-state index contributed by atoms with van der Waals surface area (Å²) in [6.45, 7) is 0. The zero-order valence-corrected chi connectivity index (χ0v) is 15.0. The van der Waals surface area contributed by atoms with E-state index in [1.54, 1.807) is 0 Å². The van der Waals surface area contributed by atoms with Gasteiger partial charge >= 0.3 is 113 Å². The Labute approximate surface area is 173 Å². The average molecular weight is 332 g/mol. The summed E-state index contributed by atoms with van der Waals surface area (Å²) in [7, 11) is -10.3. The predicted octanol–water partition coefficient (Wildman–Crippen LogP) is -4.42. The summed E-state index contributed by atoms with van der Waals surface area (Å²) in [5.41, 5.74) is 0. The monoisotopic (exact) mass is 332 g/mol. The summed E-state index contributed by atoms with van der Waals surface area (Å²) in [5, 5.41) is 0. The van der Waals surface area contributed by atoms with E-state index in [0.717, 1.165) is 0 Å². The van der Waals surface area contributed by atoms with Crippen LogP contribution in [0.5, 0.6) is 0 Å². The van der Waals surface area contributed by atoms with Crippen LogP contribution >= 0.6 is 0 Å². The fraction of sp³-hybridized carbons (Fsp3) is 0. The number of rotatable bonds is 0. The molecule has 0 aliphatic heterocycles. The van der Waals surface area contributed by atoms with Gasteiger partial charge in [0.1, 0.15) is 0 Å². The molecule has 0 aromatic rings. The molecule has 0 fully saturated rings. The summed E-state index contributed by atoms with van der Waals surface area (Å²) in [6.07, 6.45) is 0. The van der Waals surface area contributed by atoms with E-state index in [0.29, 0.717) is 0 Å². The van der Waals surface area contributed by atoms with Crippen molar-refractivity contribution in [2.24, 2.45) is 0 Å². The predicted molar refractivity (Wildman–Crippen MR) is 44.0 cm³/mol. The van der Waals surface area contributed by atoms with Gasteiger partial charge in [-0.15, -0.1) is 0 Å². The molecule has 0 bridgehead atoms. The minimum Gasteiger partial charge on any atom is -1.00 e. The van der Waals surface area contributed by atoms with Crippen LogP contribution in [0.3, 0.4) is 0 Å². The molecule has 9 nitrogen and oxygen atoms in total. The first-order valence-corrected chi connectivity index (χ1v) is 4.00. The maximum atomic E-state index is 8.52. The van der Waals surface area contributed by atoms with Gasteiger partial charge in [-0.25, -0.2) is 0 Å². The summed E-state index contributed by atoms with van der Waals surface area (Å²) < 4.78 is 68.2. The Morgan fingerprint density at radius 3 is 0.643 bits per heavy atom. The summed E-state index contributed by atoms with van der Waals surface area (Å²) in [6, 6.07) is 0. The van der Waals surface area contributed by atoms with Crippen LogP contribution in [0.25, 0.3) is 0 Å². The number of hydrogen-bond acceptors (Lipinski definition) is 8. The molecular formula is H4Ca3O9S2. The fourth-order valence-electron chi connectivity index (χ4n) is 0. The van der Waals surface area contributed by atoms with Crippen molar-refractivity contribution in [1.29, 1.82) is 0 Å². The van der Waals surface area contributed by atoms with E-state index in [-0.39, 0.29) is 122 Å². The van der Waals surface area contributed by atoms with E-state index in [1.807, 2.05) is 0 Å². The molecule has 76 valence electrons. The van der Waals surface area contributed by atoms with Gasteiger partial charge in [0.2, 0.25) is 0 Å². The van der Waals surface area contributed by atoms with Gasteiger partial charge in [0, 0.05) is 20.8 Å². The quantitative estimate of drug-likeness (QED) is 0.241. The maximum Gasteiger partial charge on any atom is 2.00 e. The van der Waals surface area contributed by atoms with Crippen LogP contribution in [0.1, 0.15) is 2.85 Å². The van der Waals surface area contributed by atoms with Crippen LogP contribution in [0, 0.1) is 0 Å². The van der Waals surface area contributed by atoms with Crippen LogP contribution in [0.2, 0.25) is 0 Å². The molecule has 0 heterocycles. The molecule has 2 N–H and O–H groups in total. The molecule has 0 aromatic carbocycles. The van der Waals surface area contributed by atoms with Crippen molar-refractivity contribution >= 4 is 134 Å². The molecule has 0 rings (SSSR count). The topological polar surface area (TPSA) is 192 Å². The fourth-order valence-corrected chi connectivity index (χ4v) is 0. The number of hydrogen-bond donors (Lipinski definition) is 0. The first-order chi connectivity index (χ1) is 4.00. The van der Waals surface area contributed by atoms with Gasteiger partial charge in [-0.2, -0.15) is 0 Å². The van der Waals surface area contributed by atoms with E-state index in [1.165, 1.54) is 0 Å². The molecule has 0 radical (unpaired) electrons. The Morgan fingerprint density at radius 1 is 0.643 bits per heavy atom. The second-order valence-electron chi connectivity index (χ2n) is 0.816. The summed E-state index contributed by atoms with van der Waals surface area (Å²) in [4.78, 5) is 0. The van der Waals surface area contributed by atoms with Crippen molar-refractivity contribution in [3.05, 3.63) is 0 Å². The van der Waals surface area contributed by atoms with Gasteiger partial charge in [-0.3, -0.25) is 16.8 Å². The first kappa shape index (κ1) is 36.0. The zero-order valence-electron chi connectivity index (χ0n) is 8.70. The Morgan fingerprint density at radius 2 is 0.643 bits per heavy atom. The standard InChI is InChI=1S/3Ca.2H2O4S.H2O.2H/c;;;2*1-5(2,3)4;;;/h;;;2*(H2,1,2,3,4);1H2;;/q3*+2;;;;2*-1/p-4. The van der Waals surface area contributed by atoms with Crippen molar-refractivity contribution in [2.75, 3.05) is 0 Å². The van der Waals surface area contributed by atoms with Gasteiger partial charge in [-0.05, 0) is 0 Å². The summed E-state index contributed by atoms with van der Waals surface area (Å²) in [5.74, 6) is 0. The maximum absolute atomic E-state index is 8.52. The van der Waals surface area contributed by atoms with Crippen molar-refractivity contribution in [3.63, 3.8) is 0 Å². The molecule has 0 aliphatic carbocycles.